The first-order chi connectivity index (χ1) is 15.5. The summed E-state index contributed by atoms with van der Waals surface area (Å²) in [5, 5.41) is 6.84. The zero-order valence-corrected chi connectivity index (χ0v) is 19.5. The normalized spacial score (nSPS) is 52.2. The first-order valence-electron chi connectivity index (χ1n) is 13.8. The van der Waals surface area contributed by atoms with Gasteiger partial charge in [0.15, 0.2) is 0 Å². The van der Waals surface area contributed by atoms with Crippen LogP contribution in [0.3, 0.4) is 0 Å². The maximum atomic E-state index is 13.4. The van der Waals surface area contributed by atoms with Gasteiger partial charge in [-0.15, -0.1) is 0 Å². The summed E-state index contributed by atoms with van der Waals surface area (Å²) in [5.41, 5.74) is -0.127. The Morgan fingerprint density at radius 3 is 1.06 bits per heavy atom. The van der Waals surface area contributed by atoms with E-state index in [0.717, 1.165) is 86.9 Å². The van der Waals surface area contributed by atoms with Crippen molar-refractivity contribution in [3.8, 4) is 0 Å². The molecule has 4 heteroatoms. The molecule has 2 amide bonds. The standard InChI is InChI=1S/C28H40N2O2/c31-25(27-11-17-5-18(12-27)7-19(6-17)13-27)29-23-1-2-24(4-3-23)30-26(32)28-14-20-8-21(15-28)10-22(9-20)16-28/h1-2,17-24H,3-16H2,(H,29,31)(H,30,32). The summed E-state index contributed by atoms with van der Waals surface area (Å²) in [6.45, 7) is 0. The largest absolute Gasteiger partial charge is 0.349 e. The molecular formula is C28H40N2O2. The third kappa shape index (κ3) is 3.21. The van der Waals surface area contributed by atoms with Gasteiger partial charge in [-0.3, -0.25) is 9.59 Å². The predicted molar refractivity (Wildman–Crippen MR) is 123 cm³/mol. The minimum atomic E-state index is -0.0633. The average Bonchev–Trinajstić information content (AvgIpc) is 2.73. The van der Waals surface area contributed by atoms with E-state index in [1.807, 2.05) is 0 Å². The van der Waals surface area contributed by atoms with Crippen molar-refractivity contribution < 1.29 is 9.59 Å². The summed E-state index contributed by atoms with van der Waals surface area (Å²) in [5.74, 6) is 5.49. The van der Waals surface area contributed by atoms with Crippen LogP contribution in [0.5, 0.6) is 0 Å². The smallest absolute Gasteiger partial charge is 0.226 e. The minimum Gasteiger partial charge on any atom is -0.349 e. The van der Waals surface area contributed by atoms with Crippen LogP contribution in [0.1, 0.15) is 89.9 Å². The fraction of sp³-hybridized carbons (Fsp3) is 0.857. The zero-order chi connectivity index (χ0) is 21.5. The summed E-state index contributed by atoms with van der Waals surface area (Å²) < 4.78 is 0. The molecule has 2 N–H and O–H groups in total. The van der Waals surface area contributed by atoms with E-state index in [2.05, 4.69) is 22.8 Å². The lowest BCUT2D eigenvalue weighted by molar-refractivity contribution is -0.147. The highest BCUT2D eigenvalue weighted by Crippen LogP contribution is 2.61. The second-order valence-corrected chi connectivity index (χ2v) is 13.5. The summed E-state index contributed by atoms with van der Waals surface area (Å²) in [4.78, 5) is 26.7. The Hall–Kier alpha value is -1.32. The van der Waals surface area contributed by atoms with Crippen molar-refractivity contribution in [1.29, 1.82) is 0 Å². The Morgan fingerprint density at radius 1 is 0.531 bits per heavy atom. The molecule has 2 unspecified atom stereocenters. The van der Waals surface area contributed by atoms with Gasteiger partial charge < -0.3 is 10.6 Å². The number of carbonyl (C=O) groups is 2. The van der Waals surface area contributed by atoms with E-state index < -0.39 is 0 Å². The van der Waals surface area contributed by atoms with Gasteiger partial charge in [0.25, 0.3) is 0 Å². The van der Waals surface area contributed by atoms with E-state index in [-0.39, 0.29) is 22.9 Å². The number of hydrogen-bond donors (Lipinski definition) is 2. The zero-order valence-electron chi connectivity index (χ0n) is 19.5. The van der Waals surface area contributed by atoms with Gasteiger partial charge in [-0.05, 0) is 125 Å². The molecule has 9 rings (SSSR count). The molecule has 0 heterocycles. The van der Waals surface area contributed by atoms with Crippen LogP contribution < -0.4 is 10.6 Å². The molecule has 0 radical (unpaired) electrons. The van der Waals surface area contributed by atoms with Crippen LogP contribution in [0, 0.1) is 46.3 Å². The molecule has 0 aromatic rings. The van der Waals surface area contributed by atoms with Crippen LogP contribution >= 0.6 is 0 Å². The van der Waals surface area contributed by atoms with Crippen molar-refractivity contribution in [3.05, 3.63) is 12.2 Å². The number of carbonyl (C=O) groups excluding carboxylic acids is 2. The molecular weight excluding hydrogens is 396 g/mol. The van der Waals surface area contributed by atoms with Crippen molar-refractivity contribution in [3.63, 3.8) is 0 Å². The highest BCUT2D eigenvalue weighted by atomic mass is 16.2. The average molecular weight is 437 g/mol. The van der Waals surface area contributed by atoms with Gasteiger partial charge >= 0.3 is 0 Å². The van der Waals surface area contributed by atoms with Crippen LogP contribution in [0.15, 0.2) is 12.2 Å². The monoisotopic (exact) mass is 436 g/mol. The van der Waals surface area contributed by atoms with Gasteiger partial charge in [0.2, 0.25) is 11.8 Å². The number of nitrogens with one attached hydrogen (secondary N) is 2. The molecule has 0 spiro atoms. The molecule has 8 fully saturated rings. The first kappa shape index (κ1) is 20.1. The molecule has 0 aromatic carbocycles. The van der Waals surface area contributed by atoms with Crippen LogP contribution in [-0.4, -0.2) is 23.9 Å². The predicted octanol–water partition coefficient (Wildman–Crippen LogP) is 4.74. The summed E-state index contributed by atoms with van der Waals surface area (Å²) >= 11 is 0. The second-order valence-electron chi connectivity index (χ2n) is 13.5. The van der Waals surface area contributed by atoms with Gasteiger partial charge in [-0.25, -0.2) is 0 Å². The second kappa shape index (κ2) is 7.09. The lowest BCUT2D eigenvalue weighted by Gasteiger charge is -2.56. The highest BCUT2D eigenvalue weighted by molar-refractivity contribution is 5.84. The van der Waals surface area contributed by atoms with Gasteiger partial charge in [0.1, 0.15) is 0 Å². The topological polar surface area (TPSA) is 58.2 Å². The Morgan fingerprint density at radius 2 is 0.812 bits per heavy atom. The molecule has 2 atom stereocenters. The quantitative estimate of drug-likeness (QED) is 0.626. The Bertz CT molecular complexity index is 706. The van der Waals surface area contributed by atoms with Gasteiger partial charge in [-0.2, -0.15) is 0 Å². The first-order valence-corrected chi connectivity index (χ1v) is 13.8. The van der Waals surface area contributed by atoms with Crippen molar-refractivity contribution in [2.45, 2.75) is 102 Å². The molecule has 8 bridgehead atoms. The maximum Gasteiger partial charge on any atom is 0.226 e. The SMILES string of the molecule is O=C(NC1C=CC(NC(=O)C23CC4CC(CC(C4)C2)C3)CC1)C12CC3CC(CC(C3)C1)C2. The van der Waals surface area contributed by atoms with E-state index in [4.69, 9.17) is 0 Å². The van der Waals surface area contributed by atoms with Crippen LogP contribution in [0.2, 0.25) is 0 Å². The third-order valence-electron chi connectivity index (χ3n) is 11.0. The fourth-order valence-electron chi connectivity index (χ4n) is 10.5. The Kier molecular flexibility index (Phi) is 4.45. The van der Waals surface area contributed by atoms with Crippen LogP contribution in [0.4, 0.5) is 0 Å². The number of hydrogen-bond acceptors (Lipinski definition) is 2. The Labute approximate surface area is 192 Å². The van der Waals surface area contributed by atoms with E-state index in [9.17, 15) is 9.59 Å². The Balaban J connectivity index is 0.967. The van der Waals surface area contributed by atoms with Crippen LogP contribution in [-0.2, 0) is 9.59 Å². The molecule has 174 valence electrons. The molecule has 0 aliphatic heterocycles. The van der Waals surface area contributed by atoms with Crippen molar-refractivity contribution in [1.82, 2.24) is 10.6 Å². The van der Waals surface area contributed by atoms with E-state index in [1.165, 1.54) is 38.5 Å². The molecule has 9 aliphatic carbocycles. The van der Waals surface area contributed by atoms with Gasteiger partial charge in [0.05, 0.1) is 0 Å². The minimum absolute atomic E-state index is 0.0633. The third-order valence-corrected chi connectivity index (χ3v) is 11.0. The molecule has 0 saturated heterocycles. The number of amides is 2. The lowest BCUT2D eigenvalue weighted by Crippen LogP contribution is -2.56. The van der Waals surface area contributed by atoms with E-state index in [1.54, 1.807) is 0 Å². The molecule has 9 aliphatic rings. The fourth-order valence-corrected chi connectivity index (χ4v) is 10.5. The van der Waals surface area contributed by atoms with Gasteiger partial charge in [0, 0.05) is 22.9 Å². The summed E-state index contributed by atoms with van der Waals surface area (Å²) in [7, 11) is 0. The van der Waals surface area contributed by atoms with Crippen molar-refractivity contribution in [2.24, 2.45) is 46.3 Å². The molecule has 32 heavy (non-hydrogen) atoms. The number of rotatable bonds is 4. The van der Waals surface area contributed by atoms with E-state index in [0.29, 0.717) is 11.8 Å². The maximum absolute atomic E-state index is 13.4. The van der Waals surface area contributed by atoms with Crippen LogP contribution in [0.25, 0.3) is 0 Å². The molecule has 0 aromatic heterocycles. The summed E-state index contributed by atoms with van der Waals surface area (Å²) in [6, 6.07) is 0.284. The lowest BCUT2D eigenvalue weighted by atomic mass is 9.49. The molecule has 4 nitrogen and oxygen atoms in total. The molecule has 8 saturated carbocycles. The highest BCUT2D eigenvalue weighted by Gasteiger charge is 2.56. The summed E-state index contributed by atoms with van der Waals surface area (Å²) in [6.07, 6.45) is 21.3. The van der Waals surface area contributed by atoms with Crippen molar-refractivity contribution >= 4 is 11.8 Å². The van der Waals surface area contributed by atoms with Crippen molar-refractivity contribution in [2.75, 3.05) is 0 Å². The van der Waals surface area contributed by atoms with Gasteiger partial charge in [-0.1, -0.05) is 12.2 Å². The van der Waals surface area contributed by atoms with E-state index >= 15 is 0 Å².